The summed E-state index contributed by atoms with van der Waals surface area (Å²) < 4.78 is 0. The van der Waals surface area contributed by atoms with Gasteiger partial charge in [0, 0.05) is 25.0 Å². The molecule has 4 aliphatic rings. The first-order chi connectivity index (χ1) is 9.23. The summed E-state index contributed by atoms with van der Waals surface area (Å²) in [6, 6.07) is 2.86. The van der Waals surface area contributed by atoms with E-state index in [0.29, 0.717) is 11.5 Å². The van der Waals surface area contributed by atoms with Gasteiger partial charge >= 0.3 is 0 Å². The highest BCUT2D eigenvalue weighted by atomic mass is 14.9. The van der Waals surface area contributed by atoms with Gasteiger partial charge in [-0.3, -0.25) is 0 Å². The normalized spacial score (nSPS) is 41.6. The highest BCUT2D eigenvalue weighted by Gasteiger charge is 2.52. The Morgan fingerprint density at radius 1 is 1.21 bits per heavy atom. The van der Waals surface area contributed by atoms with Gasteiger partial charge in [-0.05, 0) is 80.2 Å². The van der Waals surface area contributed by atoms with Gasteiger partial charge in [0.15, 0.2) is 0 Å². The predicted octanol–water partition coefficient (Wildman–Crippen LogP) is 3.71. The third-order valence-electron chi connectivity index (χ3n) is 6.28. The minimum Gasteiger partial charge on any atom is -0.367 e. The van der Waals surface area contributed by atoms with Gasteiger partial charge in [-0.15, -0.1) is 0 Å². The molecule has 0 saturated heterocycles. The molecule has 0 spiro atoms. The van der Waals surface area contributed by atoms with E-state index in [9.17, 15) is 0 Å². The lowest BCUT2D eigenvalue weighted by atomic mass is 9.48. The van der Waals surface area contributed by atoms with Crippen molar-refractivity contribution >= 4 is 0 Å². The van der Waals surface area contributed by atoms with E-state index >= 15 is 0 Å². The first-order valence-corrected chi connectivity index (χ1v) is 8.08. The number of hydrogen-bond donors (Lipinski definition) is 2. The van der Waals surface area contributed by atoms with E-state index in [4.69, 9.17) is 0 Å². The molecule has 2 N–H and O–H groups in total. The highest BCUT2D eigenvalue weighted by molar-refractivity contribution is 5.09. The molecule has 1 unspecified atom stereocenters. The highest BCUT2D eigenvalue weighted by Crippen LogP contribution is 2.61. The fourth-order valence-electron chi connectivity index (χ4n) is 5.66. The van der Waals surface area contributed by atoms with Crippen LogP contribution in [0.25, 0.3) is 0 Å². The van der Waals surface area contributed by atoms with Crippen LogP contribution in [-0.2, 0) is 6.54 Å². The third-order valence-corrected chi connectivity index (χ3v) is 6.28. The largest absolute Gasteiger partial charge is 0.367 e. The lowest BCUT2D eigenvalue weighted by Crippen LogP contribution is -2.54. The molecule has 2 nitrogen and oxygen atoms in total. The molecule has 1 heterocycles. The maximum atomic E-state index is 3.82. The summed E-state index contributed by atoms with van der Waals surface area (Å²) in [7, 11) is 0. The van der Waals surface area contributed by atoms with Gasteiger partial charge in [0.1, 0.15) is 0 Å². The van der Waals surface area contributed by atoms with E-state index in [-0.39, 0.29) is 0 Å². The number of aromatic nitrogens is 1. The topological polar surface area (TPSA) is 27.8 Å². The van der Waals surface area contributed by atoms with Crippen LogP contribution >= 0.6 is 0 Å². The maximum Gasteiger partial charge on any atom is 0.0223 e. The molecule has 1 aromatic heterocycles. The Labute approximate surface area is 116 Å². The fraction of sp³-hybridized carbons (Fsp3) is 0.765. The third kappa shape index (κ3) is 2.05. The van der Waals surface area contributed by atoms with Gasteiger partial charge in [-0.1, -0.05) is 0 Å². The molecule has 0 amide bonds. The van der Waals surface area contributed by atoms with Crippen LogP contribution in [0.3, 0.4) is 0 Å². The van der Waals surface area contributed by atoms with Gasteiger partial charge in [-0.2, -0.15) is 0 Å². The molecule has 2 heteroatoms. The Morgan fingerprint density at radius 2 is 1.84 bits per heavy atom. The monoisotopic (exact) mass is 258 g/mol. The first kappa shape index (κ1) is 12.0. The second kappa shape index (κ2) is 4.37. The molecule has 0 aliphatic heterocycles. The van der Waals surface area contributed by atoms with E-state index in [0.717, 1.165) is 24.3 Å². The van der Waals surface area contributed by atoms with Crippen LogP contribution < -0.4 is 5.32 Å². The summed E-state index contributed by atoms with van der Waals surface area (Å²) >= 11 is 0. The Balaban J connectivity index is 1.45. The number of rotatable bonds is 4. The molecule has 1 atom stereocenters. The molecule has 0 radical (unpaired) electrons. The zero-order valence-corrected chi connectivity index (χ0v) is 12.0. The molecule has 4 bridgehead atoms. The maximum absolute atomic E-state index is 3.82. The Hall–Kier alpha value is -0.760. The van der Waals surface area contributed by atoms with E-state index < -0.39 is 0 Å². The van der Waals surface area contributed by atoms with Crippen LogP contribution in [0.15, 0.2) is 18.5 Å². The van der Waals surface area contributed by atoms with Crippen molar-refractivity contribution in [2.24, 2.45) is 23.2 Å². The zero-order valence-electron chi connectivity index (χ0n) is 12.0. The van der Waals surface area contributed by atoms with E-state index in [1.807, 2.05) is 6.20 Å². The second-order valence-electron chi connectivity index (χ2n) is 7.60. The number of H-pyrrole nitrogens is 1. The molecule has 4 saturated carbocycles. The van der Waals surface area contributed by atoms with Gasteiger partial charge in [-0.25, -0.2) is 0 Å². The Bertz CT molecular complexity index is 399. The number of aromatic amines is 1. The van der Waals surface area contributed by atoms with Crippen LogP contribution in [0.4, 0.5) is 0 Å². The van der Waals surface area contributed by atoms with Gasteiger partial charge in [0.05, 0.1) is 0 Å². The van der Waals surface area contributed by atoms with Crippen LogP contribution in [0, 0.1) is 23.2 Å². The van der Waals surface area contributed by atoms with Crippen molar-refractivity contribution in [3.63, 3.8) is 0 Å². The van der Waals surface area contributed by atoms with Crippen molar-refractivity contribution in [2.75, 3.05) is 0 Å². The fourth-order valence-corrected chi connectivity index (χ4v) is 5.66. The lowest BCUT2D eigenvalue weighted by Gasteiger charge is -2.59. The molecule has 4 fully saturated rings. The van der Waals surface area contributed by atoms with Crippen molar-refractivity contribution in [1.82, 2.24) is 10.3 Å². The summed E-state index contributed by atoms with van der Waals surface area (Å²) in [6.45, 7) is 3.46. The van der Waals surface area contributed by atoms with Crippen LogP contribution in [0.5, 0.6) is 0 Å². The van der Waals surface area contributed by atoms with Gasteiger partial charge < -0.3 is 10.3 Å². The van der Waals surface area contributed by atoms with Crippen molar-refractivity contribution in [3.05, 3.63) is 24.0 Å². The molecular formula is C17H26N2. The average Bonchev–Trinajstić information content (AvgIpc) is 2.87. The summed E-state index contributed by atoms with van der Waals surface area (Å²) in [5.74, 6) is 3.17. The van der Waals surface area contributed by atoms with Gasteiger partial charge in [0.25, 0.3) is 0 Å². The van der Waals surface area contributed by atoms with Crippen LogP contribution in [-0.4, -0.2) is 11.0 Å². The lowest BCUT2D eigenvalue weighted by molar-refractivity contribution is -0.0706. The van der Waals surface area contributed by atoms with Crippen molar-refractivity contribution in [1.29, 1.82) is 0 Å². The SMILES string of the molecule is CC(NCc1cc[nH]c1)C12CC3CC(CC(C3)C1)C2. The molecule has 104 valence electrons. The van der Waals surface area contributed by atoms with E-state index in [2.05, 4.69) is 29.5 Å². The molecule has 1 aromatic rings. The van der Waals surface area contributed by atoms with Crippen LogP contribution in [0.2, 0.25) is 0 Å². The molecule has 4 aliphatic carbocycles. The van der Waals surface area contributed by atoms with Crippen molar-refractivity contribution < 1.29 is 0 Å². The molecule has 19 heavy (non-hydrogen) atoms. The molecule has 5 rings (SSSR count). The molecule has 0 aromatic carbocycles. The molecular weight excluding hydrogens is 232 g/mol. The number of nitrogens with one attached hydrogen (secondary N) is 2. The average molecular weight is 258 g/mol. The van der Waals surface area contributed by atoms with Crippen molar-refractivity contribution in [3.8, 4) is 0 Å². The minimum atomic E-state index is 0.630. The van der Waals surface area contributed by atoms with Crippen molar-refractivity contribution in [2.45, 2.75) is 58.0 Å². The predicted molar refractivity (Wildman–Crippen MR) is 77.7 cm³/mol. The second-order valence-corrected chi connectivity index (χ2v) is 7.60. The Kier molecular flexibility index (Phi) is 2.77. The number of hydrogen-bond acceptors (Lipinski definition) is 1. The first-order valence-electron chi connectivity index (χ1n) is 8.08. The van der Waals surface area contributed by atoms with E-state index in [1.165, 1.54) is 24.8 Å². The smallest absolute Gasteiger partial charge is 0.0223 e. The zero-order chi connectivity index (χ0) is 12.9. The van der Waals surface area contributed by atoms with Crippen LogP contribution in [0.1, 0.15) is 51.0 Å². The summed E-state index contributed by atoms with van der Waals surface area (Å²) in [5.41, 5.74) is 2.02. The minimum absolute atomic E-state index is 0.630. The summed E-state index contributed by atoms with van der Waals surface area (Å²) in [5, 5.41) is 3.82. The summed E-state index contributed by atoms with van der Waals surface area (Å²) in [6.07, 6.45) is 13.3. The van der Waals surface area contributed by atoms with E-state index in [1.54, 1.807) is 19.3 Å². The Morgan fingerprint density at radius 3 is 2.37 bits per heavy atom. The quantitative estimate of drug-likeness (QED) is 0.846. The standard InChI is InChI=1S/C17H26N2/c1-12(19-11-13-2-3-18-10-13)17-7-14-4-15(8-17)6-16(5-14)9-17/h2-3,10,12,14-16,18-19H,4-9,11H2,1H3. The van der Waals surface area contributed by atoms with Gasteiger partial charge in [0.2, 0.25) is 0 Å². The summed E-state index contributed by atoms with van der Waals surface area (Å²) in [4.78, 5) is 3.15.